The zero-order valence-corrected chi connectivity index (χ0v) is 10.9. The molecule has 102 valence electrons. The summed E-state index contributed by atoms with van der Waals surface area (Å²) in [7, 11) is 0. The van der Waals surface area contributed by atoms with E-state index in [0.29, 0.717) is 13.1 Å². The number of hydrogen-bond acceptors (Lipinski definition) is 5. The van der Waals surface area contributed by atoms with Gasteiger partial charge in [0.1, 0.15) is 11.5 Å². The van der Waals surface area contributed by atoms with Crippen LogP contribution in [0.3, 0.4) is 0 Å². The number of aryl methyl sites for hydroxylation is 1. The second-order valence-corrected chi connectivity index (χ2v) is 4.32. The van der Waals surface area contributed by atoms with Gasteiger partial charge in [0, 0.05) is 6.54 Å². The van der Waals surface area contributed by atoms with Gasteiger partial charge in [-0.15, -0.1) is 0 Å². The summed E-state index contributed by atoms with van der Waals surface area (Å²) in [6, 6.07) is 5.34. The fourth-order valence-corrected chi connectivity index (χ4v) is 1.76. The first-order valence-electron chi connectivity index (χ1n) is 6.04. The molecule has 0 spiro atoms. The highest BCUT2D eigenvalue weighted by atomic mass is 16.6. The van der Waals surface area contributed by atoms with E-state index >= 15 is 0 Å². The van der Waals surface area contributed by atoms with Gasteiger partial charge in [-0.3, -0.25) is 0 Å². The predicted molar refractivity (Wildman–Crippen MR) is 68.7 cm³/mol. The van der Waals surface area contributed by atoms with Crippen LogP contribution >= 0.6 is 0 Å². The van der Waals surface area contributed by atoms with Crippen molar-refractivity contribution in [2.75, 3.05) is 6.54 Å². The summed E-state index contributed by atoms with van der Waals surface area (Å²) in [6.07, 6.45) is 1.60. The zero-order valence-electron chi connectivity index (χ0n) is 10.9. The Kier molecular flexibility index (Phi) is 3.96. The van der Waals surface area contributed by atoms with E-state index in [2.05, 4.69) is 10.4 Å². The molecule has 1 atom stereocenters. The number of nitro groups is 1. The maximum atomic E-state index is 10.5. The van der Waals surface area contributed by atoms with Crippen LogP contribution in [0, 0.1) is 17.0 Å². The van der Waals surface area contributed by atoms with Crippen molar-refractivity contribution in [3.05, 3.63) is 46.0 Å². The van der Waals surface area contributed by atoms with Crippen molar-refractivity contribution in [3.63, 3.8) is 0 Å². The monoisotopic (exact) mass is 264 g/mol. The molecule has 7 heteroatoms. The van der Waals surface area contributed by atoms with Crippen molar-refractivity contribution in [2.45, 2.75) is 26.4 Å². The molecule has 0 aliphatic heterocycles. The standard InChI is InChI=1S/C12H16N4O3/c1-9-3-4-11(19-9)10(2)13-6-8-15-7-5-12(14-15)16(17)18/h3-5,7,10,13H,6,8H2,1-2H3. The third kappa shape index (κ3) is 3.41. The summed E-state index contributed by atoms with van der Waals surface area (Å²) < 4.78 is 7.06. The fourth-order valence-electron chi connectivity index (χ4n) is 1.76. The minimum Gasteiger partial charge on any atom is -0.465 e. The fraction of sp³-hybridized carbons (Fsp3) is 0.417. The molecule has 0 radical (unpaired) electrons. The Bertz CT molecular complexity index is 561. The summed E-state index contributed by atoms with van der Waals surface area (Å²) in [6.45, 7) is 5.13. The maximum absolute atomic E-state index is 10.5. The largest absolute Gasteiger partial charge is 0.465 e. The van der Waals surface area contributed by atoms with Gasteiger partial charge in [0.05, 0.1) is 29.9 Å². The van der Waals surface area contributed by atoms with Crippen LogP contribution < -0.4 is 5.32 Å². The van der Waals surface area contributed by atoms with Crippen molar-refractivity contribution < 1.29 is 9.34 Å². The van der Waals surface area contributed by atoms with Gasteiger partial charge in [-0.05, 0) is 30.9 Å². The summed E-state index contributed by atoms with van der Waals surface area (Å²) in [5, 5.41) is 17.6. The number of aromatic nitrogens is 2. The lowest BCUT2D eigenvalue weighted by molar-refractivity contribution is -0.389. The quantitative estimate of drug-likeness (QED) is 0.637. The van der Waals surface area contributed by atoms with E-state index in [-0.39, 0.29) is 11.9 Å². The molecule has 1 N–H and O–H groups in total. The Morgan fingerprint density at radius 2 is 2.32 bits per heavy atom. The average Bonchev–Trinajstić information content (AvgIpc) is 2.98. The van der Waals surface area contributed by atoms with E-state index in [1.54, 1.807) is 10.9 Å². The summed E-state index contributed by atoms with van der Waals surface area (Å²) in [5.74, 6) is 1.63. The number of rotatable bonds is 6. The minimum absolute atomic E-state index is 0.0965. The molecular weight excluding hydrogens is 248 g/mol. The van der Waals surface area contributed by atoms with Crippen LogP contribution in [0.2, 0.25) is 0 Å². The Balaban J connectivity index is 1.81. The van der Waals surface area contributed by atoms with Gasteiger partial charge in [0.2, 0.25) is 0 Å². The first-order chi connectivity index (χ1) is 9.06. The summed E-state index contributed by atoms with van der Waals surface area (Å²) >= 11 is 0. The van der Waals surface area contributed by atoms with Crippen molar-refractivity contribution >= 4 is 5.82 Å². The molecule has 0 aliphatic rings. The molecule has 0 aliphatic carbocycles. The third-order valence-electron chi connectivity index (χ3n) is 2.79. The first-order valence-corrected chi connectivity index (χ1v) is 6.04. The van der Waals surface area contributed by atoms with Gasteiger partial charge < -0.3 is 19.8 Å². The van der Waals surface area contributed by atoms with E-state index in [1.165, 1.54) is 6.07 Å². The van der Waals surface area contributed by atoms with E-state index in [0.717, 1.165) is 11.5 Å². The third-order valence-corrected chi connectivity index (χ3v) is 2.79. The van der Waals surface area contributed by atoms with Crippen molar-refractivity contribution in [1.82, 2.24) is 15.1 Å². The highest BCUT2D eigenvalue weighted by Crippen LogP contribution is 2.15. The Morgan fingerprint density at radius 1 is 1.53 bits per heavy atom. The molecule has 0 amide bonds. The van der Waals surface area contributed by atoms with Gasteiger partial charge in [0.15, 0.2) is 0 Å². The number of furan rings is 1. The molecule has 2 aromatic rings. The zero-order chi connectivity index (χ0) is 13.8. The topological polar surface area (TPSA) is 86.1 Å². The van der Waals surface area contributed by atoms with Crippen LogP contribution in [-0.2, 0) is 6.54 Å². The summed E-state index contributed by atoms with van der Waals surface area (Å²) in [5.41, 5.74) is 0. The lowest BCUT2D eigenvalue weighted by atomic mass is 10.2. The highest BCUT2D eigenvalue weighted by Gasteiger charge is 2.12. The van der Waals surface area contributed by atoms with E-state index < -0.39 is 4.92 Å². The molecular formula is C12H16N4O3. The molecule has 2 aromatic heterocycles. The first kappa shape index (κ1) is 13.3. The van der Waals surface area contributed by atoms with Gasteiger partial charge in [-0.25, -0.2) is 0 Å². The summed E-state index contributed by atoms with van der Waals surface area (Å²) in [4.78, 5) is 9.98. The Labute approximate surface area is 110 Å². The maximum Gasteiger partial charge on any atom is 0.389 e. The molecule has 0 aromatic carbocycles. The van der Waals surface area contributed by atoms with Crippen molar-refractivity contribution in [1.29, 1.82) is 0 Å². The smallest absolute Gasteiger partial charge is 0.389 e. The van der Waals surface area contributed by atoms with E-state index in [1.807, 2.05) is 26.0 Å². The van der Waals surface area contributed by atoms with Gasteiger partial charge in [0.25, 0.3) is 0 Å². The number of nitrogens with zero attached hydrogens (tertiary/aromatic N) is 3. The number of nitrogens with one attached hydrogen (secondary N) is 1. The van der Waals surface area contributed by atoms with Crippen molar-refractivity contribution in [2.24, 2.45) is 0 Å². The van der Waals surface area contributed by atoms with Crippen LogP contribution in [-0.4, -0.2) is 21.2 Å². The van der Waals surface area contributed by atoms with Crippen LogP contribution in [0.25, 0.3) is 0 Å². The number of hydrogen-bond donors (Lipinski definition) is 1. The second-order valence-electron chi connectivity index (χ2n) is 4.32. The van der Waals surface area contributed by atoms with Crippen LogP contribution in [0.5, 0.6) is 0 Å². The normalized spacial score (nSPS) is 12.5. The lowest BCUT2D eigenvalue weighted by Gasteiger charge is -2.10. The molecule has 1 unspecified atom stereocenters. The van der Waals surface area contributed by atoms with Crippen LogP contribution in [0.15, 0.2) is 28.8 Å². The molecule has 0 saturated carbocycles. The van der Waals surface area contributed by atoms with Crippen LogP contribution in [0.4, 0.5) is 5.82 Å². The van der Waals surface area contributed by atoms with Crippen molar-refractivity contribution in [3.8, 4) is 0 Å². The Hall–Kier alpha value is -2.15. The van der Waals surface area contributed by atoms with E-state index in [4.69, 9.17) is 4.42 Å². The van der Waals surface area contributed by atoms with E-state index in [9.17, 15) is 10.1 Å². The lowest BCUT2D eigenvalue weighted by Crippen LogP contribution is -2.23. The SMILES string of the molecule is Cc1ccc(C(C)NCCn2ccc([N+](=O)[O-])n2)o1. The molecule has 2 heterocycles. The van der Waals surface area contributed by atoms with Gasteiger partial charge >= 0.3 is 5.82 Å². The minimum atomic E-state index is -0.502. The predicted octanol–water partition coefficient (Wildman–Crippen LogP) is 2.04. The molecule has 0 fully saturated rings. The average molecular weight is 264 g/mol. The molecule has 7 nitrogen and oxygen atoms in total. The Morgan fingerprint density at radius 3 is 2.89 bits per heavy atom. The van der Waals surface area contributed by atoms with Gasteiger partial charge in [-0.2, -0.15) is 4.68 Å². The molecule has 0 saturated heterocycles. The molecule has 2 rings (SSSR count). The van der Waals surface area contributed by atoms with Gasteiger partial charge in [-0.1, -0.05) is 0 Å². The second kappa shape index (κ2) is 5.66. The van der Waals surface area contributed by atoms with Crippen LogP contribution in [0.1, 0.15) is 24.5 Å². The molecule has 0 bridgehead atoms. The highest BCUT2D eigenvalue weighted by molar-refractivity contribution is 5.14. The molecule has 19 heavy (non-hydrogen) atoms.